The summed E-state index contributed by atoms with van der Waals surface area (Å²) in [5.74, 6) is -1.25. The molecule has 0 fully saturated rings. The van der Waals surface area contributed by atoms with Gasteiger partial charge < -0.3 is 5.11 Å². The van der Waals surface area contributed by atoms with Crippen molar-refractivity contribution in [2.75, 3.05) is 0 Å². The highest BCUT2D eigenvalue weighted by Crippen LogP contribution is 2.39. The van der Waals surface area contributed by atoms with E-state index in [1.54, 1.807) is 16.8 Å². The Balaban J connectivity index is 1.49. The third-order valence-corrected chi connectivity index (χ3v) is 6.55. The fourth-order valence-corrected chi connectivity index (χ4v) is 4.89. The van der Waals surface area contributed by atoms with Crippen molar-refractivity contribution in [1.82, 2.24) is 14.8 Å². The molecule has 3 heterocycles. The lowest BCUT2D eigenvalue weighted by Crippen LogP contribution is -2.23. The summed E-state index contributed by atoms with van der Waals surface area (Å²) < 4.78 is 1.54. The molecule has 1 N–H and O–H groups in total. The van der Waals surface area contributed by atoms with Gasteiger partial charge in [0.2, 0.25) is 0 Å². The monoisotopic (exact) mass is 471 g/mol. The fourth-order valence-electron chi connectivity index (χ4n) is 4.89. The Morgan fingerprint density at radius 1 is 0.861 bits per heavy atom. The van der Waals surface area contributed by atoms with Gasteiger partial charge in [0.1, 0.15) is 11.4 Å². The molecule has 0 atom stereocenters. The Hall–Kier alpha value is -4.84. The molecule has 0 radical (unpaired) electrons. The van der Waals surface area contributed by atoms with Crippen LogP contribution in [0.2, 0.25) is 0 Å². The minimum atomic E-state index is -1.07. The zero-order valence-corrected chi connectivity index (χ0v) is 19.5. The molecule has 0 amide bonds. The summed E-state index contributed by atoms with van der Waals surface area (Å²) in [5, 5.41) is 14.8. The van der Waals surface area contributed by atoms with Gasteiger partial charge in [-0.25, -0.2) is 9.78 Å². The lowest BCUT2D eigenvalue weighted by atomic mass is 9.90. The maximum absolute atomic E-state index is 13.9. The van der Waals surface area contributed by atoms with Gasteiger partial charge in [0.15, 0.2) is 0 Å². The van der Waals surface area contributed by atoms with Crippen LogP contribution in [0.5, 0.6) is 0 Å². The first-order valence-corrected chi connectivity index (χ1v) is 11.6. The van der Waals surface area contributed by atoms with Crippen molar-refractivity contribution in [1.29, 1.82) is 0 Å². The molecule has 6 rings (SSSR count). The number of nitrogens with zero attached hydrogens (tertiary/aromatic N) is 3. The number of carbonyl (C=O) groups is 2. The number of pyridine rings is 1. The maximum atomic E-state index is 13.9. The topological polar surface area (TPSA) is 85.1 Å². The van der Waals surface area contributed by atoms with Crippen molar-refractivity contribution in [3.63, 3.8) is 0 Å². The zero-order valence-electron chi connectivity index (χ0n) is 19.5. The molecular weight excluding hydrogens is 450 g/mol. The lowest BCUT2D eigenvalue weighted by molar-refractivity contribution is 0.0690. The normalized spacial score (nSPS) is 13.2. The molecule has 0 bridgehead atoms. The summed E-state index contributed by atoms with van der Waals surface area (Å²) in [6.45, 7) is 1.98. The Morgan fingerprint density at radius 2 is 1.56 bits per heavy atom. The predicted molar refractivity (Wildman–Crippen MR) is 139 cm³/mol. The molecule has 0 saturated carbocycles. The maximum Gasteiger partial charge on any atom is 0.354 e. The first-order valence-electron chi connectivity index (χ1n) is 11.6. The minimum Gasteiger partial charge on any atom is -0.477 e. The highest BCUT2D eigenvalue weighted by atomic mass is 16.4. The Morgan fingerprint density at radius 3 is 2.25 bits per heavy atom. The van der Waals surface area contributed by atoms with Crippen molar-refractivity contribution in [2.45, 2.75) is 13.3 Å². The number of aromatic nitrogens is 3. The first-order chi connectivity index (χ1) is 17.5. The van der Waals surface area contributed by atoms with Crippen molar-refractivity contribution in [3.8, 4) is 22.4 Å². The average Bonchev–Trinajstić information content (AvgIpc) is 3.29. The summed E-state index contributed by atoms with van der Waals surface area (Å²) in [4.78, 5) is 29.4. The highest BCUT2D eigenvalue weighted by Gasteiger charge is 2.31. The van der Waals surface area contributed by atoms with Crippen molar-refractivity contribution in [2.24, 2.45) is 0 Å². The van der Waals surface area contributed by atoms with Crippen LogP contribution in [0.4, 0.5) is 0 Å². The number of carboxylic acid groups (broad SMARTS) is 1. The van der Waals surface area contributed by atoms with Gasteiger partial charge in [-0.3, -0.25) is 4.79 Å². The smallest absolute Gasteiger partial charge is 0.354 e. The molecule has 0 saturated heterocycles. The number of carboxylic acids is 1. The number of fused-ring (bicyclic) bond motifs is 2. The molecule has 2 aromatic heterocycles. The van der Waals surface area contributed by atoms with Crippen LogP contribution in [0.15, 0.2) is 96.6 Å². The van der Waals surface area contributed by atoms with Gasteiger partial charge in [-0.05, 0) is 36.2 Å². The number of allylic oxidation sites excluding steroid dienone is 2. The fraction of sp³-hybridized carbons (Fsp3) is 0.0667. The van der Waals surface area contributed by atoms with E-state index < -0.39 is 5.97 Å². The van der Waals surface area contributed by atoms with E-state index in [1.165, 1.54) is 6.07 Å². The molecule has 6 nitrogen and oxygen atoms in total. The number of hydrogen-bond donors (Lipinski definition) is 1. The van der Waals surface area contributed by atoms with Gasteiger partial charge in [0, 0.05) is 28.5 Å². The van der Waals surface area contributed by atoms with Crippen molar-refractivity contribution in [3.05, 3.63) is 114 Å². The molecule has 0 aliphatic carbocycles. The molecule has 3 aromatic carbocycles. The summed E-state index contributed by atoms with van der Waals surface area (Å²) in [6, 6.07) is 28.6. The van der Waals surface area contributed by atoms with E-state index in [1.807, 2.05) is 79.7 Å². The van der Waals surface area contributed by atoms with Crippen LogP contribution in [0.25, 0.3) is 38.9 Å². The van der Waals surface area contributed by atoms with E-state index >= 15 is 0 Å². The SMILES string of the molecule is CC1=C(c2ccc3nc(C(=O)O)ccc3c2)C(=O)n2nc(-c3ccccc3)c(-c3ccccc3)c2C1. The van der Waals surface area contributed by atoms with Gasteiger partial charge in [-0.15, -0.1) is 0 Å². The van der Waals surface area contributed by atoms with Gasteiger partial charge >= 0.3 is 5.97 Å². The second kappa shape index (κ2) is 8.43. The van der Waals surface area contributed by atoms with Crippen LogP contribution in [-0.2, 0) is 6.42 Å². The standard InChI is InChI=1S/C30H21N3O3/c1-18-16-25-27(19-8-4-2-5-9-19)28(20-10-6-3-7-11-20)32-33(25)29(34)26(18)22-13-14-23-21(17-22)12-15-24(31-23)30(35)36/h2-15,17H,16H2,1H3,(H,35,36). The molecule has 0 unspecified atom stereocenters. The lowest BCUT2D eigenvalue weighted by Gasteiger charge is -2.20. The highest BCUT2D eigenvalue weighted by molar-refractivity contribution is 6.23. The van der Waals surface area contributed by atoms with Crippen LogP contribution in [-0.4, -0.2) is 31.7 Å². The minimum absolute atomic E-state index is 0.0116. The summed E-state index contributed by atoms with van der Waals surface area (Å²) in [6.07, 6.45) is 0.583. The van der Waals surface area contributed by atoms with E-state index in [4.69, 9.17) is 5.10 Å². The Bertz CT molecular complexity index is 1700. The molecular formula is C30H21N3O3. The van der Waals surface area contributed by atoms with Gasteiger partial charge in [-0.1, -0.05) is 78.4 Å². The molecule has 1 aliphatic rings. The second-order valence-corrected chi connectivity index (χ2v) is 8.86. The molecule has 36 heavy (non-hydrogen) atoms. The number of benzene rings is 3. The Labute approximate surface area is 207 Å². The molecule has 174 valence electrons. The van der Waals surface area contributed by atoms with Crippen LogP contribution < -0.4 is 0 Å². The molecule has 1 aliphatic heterocycles. The summed E-state index contributed by atoms with van der Waals surface area (Å²) in [7, 11) is 0. The van der Waals surface area contributed by atoms with Crippen molar-refractivity contribution >= 4 is 28.4 Å². The van der Waals surface area contributed by atoms with Crippen LogP contribution >= 0.6 is 0 Å². The third-order valence-electron chi connectivity index (χ3n) is 6.55. The largest absolute Gasteiger partial charge is 0.477 e. The summed E-state index contributed by atoms with van der Waals surface area (Å²) in [5.41, 5.74) is 7.48. The van der Waals surface area contributed by atoms with E-state index in [2.05, 4.69) is 4.98 Å². The van der Waals surface area contributed by atoms with Gasteiger partial charge in [-0.2, -0.15) is 9.78 Å². The Kier molecular flexibility index (Phi) is 5.08. The van der Waals surface area contributed by atoms with Gasteiger partial charge in [0.05, 0.1) is 11.2 Å². The number of hydrogen-bond acceptors (Lipinski definition) is 4. The molecule has 0 spiro atoms. The van der Waals surface area contributed by atoms with Gasteiger partial charge in [0.25, 0.3) is 5.91 Å². The van der Waals surface area contributed by atoms with Crippen LogP contribution in [0.1, 0.15) is 33.5 Å². The quantitative estimate of drug-likeness (QED) is 0.341. The summed E-state index contributed by atoms with van der Waals surface area (Å²) >= 11 is 0. The zero-order chi connectivity index (χ0) is 24.8. The van der Waals surface area contributed by atoms with Crippen LogP contribution in [0, 0.1) is 0 Å². The molecule has 5 aromatic rings. The number of carbonyl (C=O) groups excluding carboxylic acids is 1. The second-order valence-electron chi connectivity index (χ2n) is 8.86. The van der Waals surface area contributed by atoms with E-state index in [0.717, 1.165) is 44.6 Å². The van der Waals surface area contributed by atoms with Crippen molar-refractivity contribution < 1.29 is 14.7 Å². The van der Waals surface area contributed by atoms with E-state index in [9.17, 15) is 14.7 Å². The number of rotatable bonds is 4. The third kappa shape index (κ3) is 3.51. The van der Waals surface area contributed by atoms with Crippen LogP contribution in [0.3, 0.4) is 0 Å². The van der Waals surface area contributed by atoms with E-state index in [0.29, 0.717) is 17.5 Å². The predicted octanol–water partition coefficient (Wildman–Crippen LogP) is 6.13. The first kappa shape index (κ1) is 21.7. The average molecular weight is 472 g/mol. The molecule has 6 heteroatoms. The number of aromatic carboxylic acids is 1. The van der Waals surface area contributed by atoms with E-state index in [-0.39, 0.29) is 11.6 Å².